The number of aromatic nitrogens is 3. The van der Waals surface area contributed by atoms with E-state index in [9.17, 15) is 0 Å². The molecule has 0 radical (unpaired) electrons. The number of fused-ring (bicyclic) bond motifs is 3. The Morgan fingerprint density at radius 3 is 2.89 bits per heavy atom. The summed E-state index contributed by atoms with van der Waals surface area (Å²) in [5, 5.41) is 4.52. The molecule has 2 heterocycles. The zero-order valence-electron chi connectivity index (χ0n) is 11.2. The number of nitrogens with zero attached hydrogens (tertiary/aromatic N) is 2. The van der Waals surface area contributed by atoms with E-state index in [-0.39, 0.29) is 0 Å². The molecule has 0 unspecified atom stereocenters. The van der Waals surface area contributed by atoms with E-state index in [0.717, 1.165) is 40.8 Å². The van der Waals surface area contributed by atoms with Gasteiger partial charge in [-0.15, -0.1) is 0 Å². The van der Waals surface area contributed by atoms with Gasteiger partial charge in [-0.1, -0.05) is 18.2 Å². The summed E-state index contributed by atoms with van der Waals surface area (Å²) in [4.78, 5) is 13.5. The van der Waals surface area contributed by atoms with Gasteiger partial charge in [-0.2, -0.15) is 0 Å². The Labute approximate surface area is 111 Å². The van der Waals surface area contributed by atoms with Crippen LogP contribution < -0.4 is 10.2 Å². The maximum atomic E-state index is 4.39. The van der Waals surface area contributed by atoms with E-state index in [4.69, 9.17) is 0 Å². The molecule has 2 aromatic heterocycles. The Balaban J connectivity index is 2.00. The third-order valence-corrected chi connectivity index (χ3v) is 3.21. The topological polar surface area (TPSA) is 58.0 Å². The van der Waals surface area contributed by atoms with Crippen LogP contribution in [0, 0.1) is 0 Å². The molecule has 3 rings (SSSR count). The molecule has 0 bridgehead atoms. The van der Waals surface area contributed by atoms with Crippen molar-refractivity contribution in [2.75, 3.05) is 32.5 Å². The van der Waals surface area contributed by atoms with Crippen LogP contribution in [-0.4, -0.2) is 42.1 Å². The first kappa shape index (κ1) is 11.9. The smallest absolute Gasteiger partial charge is 0.154 e. The molecule has 0 atom stereocenters. The second kappa shape index (κ2) is 4.85. The van der Waals surface area contributed by atoms with E-state index in [1.807, 2.05) is 12.1 Å². The molecule has 19 heavy (non-hydrogen) atoms. The number of H-pyrrole nitrogens is 1. The molecule has 0 saturated heterocycles. The van der Waals surface area contributed by atoms with E-state index in [0.29, 0.717) is 0 Å². The fourth-order valence-electron chi connectivity index (χ4n) is 2.21. The predicted molar refractivity (Wildman–Crippen MR) is 77.6 cm³/mol. The number of hydrogen-bond donors (Lipinski definition) is 3. The second-order valence-electron chi connectivity index (χ2n) is 5.00. The molecule has 3 N–H and O–H groups in total. The van der Waals surface area contributed by atoms with Crippen molar-refractivity contribution >= 4 is 27.8 Å². The summed E-state index contributed by atoms with van der Waals surface area (Å²) < 4.78 is 0. The maximum absolute atomic E-state index is 4.39. The van der Waals surface area contributed by atoms with Gasteiger partial charge < -0.3 is 15.2 Å². The highest BCUT2D eigenvalue weighted by Crippen LogP contribution is 2.26. The van der Waals surface area contributed by atoms with Crippen LogP contribution in [0.4, 0.5) is 5.82 Å². The molecular weight excluding hydrogens is 238 g/mol. The molecule has 5 heteroatoms. The number of hydrogen-bond acceptors (Lipinski definition) is 3. The lowest BCUT2D eigenvalue weighted by Gasteiger charge is -2.09. The van der Waals surface area contributed by atoms with Crippen molar-refractivity contribution in [3.63, 3.8) is 0 Å². The van der Waals surface area contributed by atoms with Crippen LogP contribution in [0.15, 0.2) is 30.6 Å². The number of rotatable bonds is 4. The Morgan fingerprint density at radius 1 is 1.21 bits per heavy atom. The summed E-state index contributed by atoms with van der Waals surface area (Å²) >= 11 is 0. The second-order valence-corrected chi connectivity index (χ2v) is 5.00. The molecule has 0 spiro atoms. The number of aromatic amines is 1. The first-order chi connectivity index (χ1) is 9.25. The summed E-state index contributed by atoms with van der Waals surface area (Å²) in [7, 11) is 4.28. The van der Waals surface area contributed by atoms with Crippen molar-refractivity contribution < 1.29 is 4.90 Å². The van der Waals surface area contributed by atoms with Crippen molar-refractivity contribution in [3.8, 4) is 0 Å². The lowest BCUT2D eigenvalue weighted by molar-refractivity contribution is -0.856. The van der Waals surface area contributed by atoms with E-state index in [1.165, 1.54) is 4.90 Å². The maximum Gasteiger partial charge on any atom is 0.154 e. The normalized spacial score (nSPS) is 11.5. The summed E-state index contributed by atoms with van der Waals surface area (Å²) in [5.74, 6) is 0.877. The summed E-state index contributed by atoms with van der Waals surface area (Å²) in [6.45, 7) is 1.94. The van der Waals surface area contributed by atoms with E-state index in [2.05, 4.69) is 46.5 Å². The highest BCUT2D eigenvalue weighted by Gasteiger charge is 2.09. The van der Waals surface area contributed by atoms with Gasteiger partial charge in [0.05, 0.1) is 27.2 Å². The van der Waals surface area contributed by atoms with Gasteiger partial charge in [0.2, 0.25) is 0 Å². The van der Waals surface area contributed by atoms with Crippen LogP contribution in [0.3, 0.4) is 0 Å². The molecule has 0 aliphatic heterocycles. The minimum atomic E-state index is 0.877. The van der Waals surface area contributed by atoms with Crippen LogP contribution in [0.5, 0.6) is 0 Å². The molecule has 1 aromatic carbocycles. The van der Waals surface area contributed by atoms with Gasteiger partial charge in [-0.05, 0) is 6.07 Å². The first-order valence-corrected chi connectivity index (χ1v) is 6.50. The van der Waals surface area contributed by atoms with Crippen LogP contribution in [0.25, 0.3) is 21.9 Å². The number of likely N-dealkylation sites (N-methyl/N-ethyl adjacent to an activating group) is 1. The molecule has 0 fully saturated rings. The highest BCUT2D eigenvalue weighted by molar-refractivity contribution is 6.07. The van der Waals surface area contributed by atoms with Gasteiger partial charge in [-0.3, -0.25) is 0 Å². The standard InChI is InChI=1S/C14H17N5/c1-19(2)8-7-15-14-13-12(16-9-17-14)10-5-3-4-6-11(10)18-13/h3-6,9,18H,7-8H2,1-2H3,(H,15,16,17)/p+1. The minimum absolute atomic E-state index is 0.877. The monoisotopic (exact) mass is 256 g/mol. The molecule has 0 saturated carbocycles. The van der Waals surface area contributed by atoms with Gasteiger partial charge >= 0.3 is 0 Å². The van der Waals surface area contributed by atoms with Crippen LogP contribution in [0.1, 0.15) is 0 Å². The number of benzene rings is 1. The molecule has 3 aromatic rings. The van der Waals surface area contributed by atoms with Crippen molar-refractivity contribution in [3.05, 3.63) is 30.6 Å². The quantitative estimate of drug-likeness (QED) is 0.643. The molecule has 5 nitrogen and oxygen atoms in total. The fraction of sp³-hybridized carbons (Fsp3) is 0.286. The van der Waals surface area contributed by atoms with Crippen LogP contribution >= 0.6 is 0 Å². The van der Waals surface area contributed by atoms with Gasteiger partial charge in [0.25, 0.3) is 0 Å². The Bertz CT molecular complexity index is 701. The third kappa shape index (κ3) is 2.24. The first-order valence-electron chi connectivity index (χ1n) is 6.50. The van der Waals surface area contributed by atoms with Crippen LogP contribution in [0.2, 0.25) is 0 Å². The largest absolute Gasteiger partial charge is 0.363 e. The van der Waals surface area contributed by atoms with Crippen molar-refractivity contribution in [2.24, 2.45) is 0 Å². The molecule has 0 aliphatic carbocycles. The Morgan fingerprint density at radius 2 is 2.05 bits per heavy atom. The van der Waals surface area contributed by atoms with Gasteiger partial charge in [-0.25, -0.2) is 9.97 Å². The number of quaternary nitrogens is 1. The summed E-state index contributed by atoms with van der Waals surface area (Å²) in [6.07, 6.45) is 1.62. The fourth-order valence-corrected chi connectivity index (χ4v) is 2.21. The molecule has 0 amide bonds. The summed E-state index contributed by atoms with van der Waals surface area (Å²) in [6, 6.07) is 8.19. The average molecular weight is 256 g/mol. The van der Waals surface area contributed by atoms with Gasteiger partial charge in [0.15, 0.2) is 5.82 Å². The van der Waals surface area contributed by atoms with E-state index < -0.39 is 0 Å². The van der Waals surface area contributed by atoms with Crippen molar-refractivity contribution in [1.29, 1.82) is 0 Å². The van der Waals surface area contributed by atoms with E-state index >= 15 is 0 Å². The van der Waals surface area contributed by atoms with E-state index in [1.54, 1.807) is 6.33 Å². The van der Waals surface area contributed by atoms with Crippen molar-refractivity contribution in [2.45, 2.75) is 0 Å². The third-order valence-electron chi connectivity index (χ3n) is 3.21. The van der Waals surface area contributed by atoms with Crippen molar-refractivity contribution in [1.82, 2.24) is 15.0 Å². The Kier molecular flexibility index (Phi) is 3.05. The molecule has 0 aliphatic rings. The number of para-hydroxylation sites is 1. The minimum Gasteiger partial charge on any atom is -0.363 e. The number of anilines is 1. The lowest BCUT2D eigenvalue weighted by atomic mass is 10.2. The summed E-state index contributed by atoms with van der Waals surface area (Å²) in [5.41, 5.74) is 3.06. The zero-order valence-corrected chi connectivity index (χ0v) is 11.2. The van der Waals surface area contributed by atoms with Gasteiger partial charge in [0.1, 0.15) is 17.4 Å². The molecular formula is C14H18N5+. The van der Waals surface area contributed by atoms with Crippen LogP contribution in [-0.2, 0) is 0 Å². The zero-order chi connectivity index (χ0) is 13.2. The predicted octanol–water partition coefficient (Wildman–Crippen LogP) is 0.668. The number of nitrogens with one attached hydrogen (secondary N) is 3. The molecule has 98 valence electrons. The SMILES string of the molecule is C[NH+](C)CCNc1ncnc2c1[nH]c1ccccc12. The Hall–Kier alpha value is -2.14. The average Bonchev–Trinajstić information content (AvgIpc) is 2.78. The van der Waals surface area contributed by atoms with Gasteiger partial charge in [0, 0.05) is 10.9 Å². The lowest BCUT2D eigenvalue weighted by Crippen LogP contribution is -3.06. The highest BCUT2D eigenvalue weighted by atomic mass is 15.1.